The number of para-hydroxylation sites is 2. The fraction of sp³-hybridized carbons (Fsp3) is 0.105. The Morgan fingerprint density at radius 1 is 1.04 bits per heavy atom. The summed E-state index contributed by atoms with van der Waals surface area (Å²) in [6, 6.07) is 17.2. The van der Waals surface area contributed by atoms with Crippen molar-refractivity contribution in [3.63, 3.8) is 0 Å². The fourth-order valence-electron chi connectivity index (χ4n) is 2.06. The van der Waals surface area contributed by atoms with Crippen LogP contribution in [0.15, 0.2) is 59.6 Å². The van der Waals surface area contributed by atoms with Crippen LogP contribution in [0.4, 0.5) is 11.6 Å². The van der Waals surface area contributed by atoms with E-state index in [4.69, 9.17) is 11.1 Å². The van der Waals surface area contributed by atoms with Gasteiger partial charge in [-0.3, -0.25) is 9.98 Å². The maximum atomic E-state index is 7.45. The van der Waals surface area contributed by atoms with Crippen molar-refractivity contribution >= 4 is 28.9 Å². The van der Waals surface area contributed by atoms with Gasteiger partial charge >= 0.3 is 0 Å². The van der Waals surface area contributed by atoms with Crippen LogP contribution in [0.1, 0.15) is 13.8 Å². The fourth-order valence-corrected chi connectivity index (χ4v) is 2.06. The van der Waals surface area contributed by atoms with Crippen molar-refractivity contribution in [2.75, 3.05) is 5.73 Å². The molecule has 2 aromatic carbocycles. The summed E-state index contributed by atoms with van der Waals surface area (Å²) in [4.78, 5) is 8.82. The van der Waals surface area contributed by atoms with E-state index in [2.05, 4.69) is 21.8 Å². The van der Waals surface area contributed by atoms with Crippen molar-refractivity contribution in [2.24, 2.45) is 4.99 Å². The van der Waals surface area contributed by atoms with Gasteiger partial charge in [-0.2, -0.15) is 4.98 Å². The molecule has 5 nitrogen and oxygen atoms in total. The molecular formula is C19H19N5. The van der Waals surface area contributed by atoms with E-state index >= 15 is 0 Å². The first-order valence-corrected chi connectivity index (χ1v) is 7.42. The number of anilines is 1. The van der Waals surface area contributed by atoms with Crippen LogP contribution in [0.25, 0.3) is 10.9 Å². The van der Waals surface area contributed by atoms with E-state index in [1.54, 1.807) is 0 Å². The third-order valence-corrected chi connectivity index (χ3v) is 3.24. The second-order valence-electron chi connectivity index (χ2n) is 4.76. The van der Waals surface area contributed by atoms with Gasteiger partial charge in [-0.05, 0) is 38.1 Å². The summed E-state index contributed by atoms with van der Waals surface area (Å²) >= 11 is 0. The molecule has 3 N–H and O–H groups in total. The van der Waals surface area contributed by atoms with E-state index in [0.717, 1.165) is 22.9 Å². The van der Waals surface area contributed by atoms with Crippen LogP contribution >= 0.6 is 0 Å². The Hall–Kier alpha value is -3.39. The van der Waals surface area contributed by atoms with Crippen molar-refractivity contribution in [1.82, 2.24) is 9.55 Å². The van der Waals surface area contributed by atoms with Gasteiger partial charge < -0.3 is 5.73 Å². The van der Waals surface area contributed by atoms with Crippen molar-refractivity contribution in [2.45, 2.75) is 13.8 Å². The van der Waals surface area contributed by atoms with Crippen LogP contribution in [-0.4, -0.2) is 15.9 Å². The Morgan fingerprint density at radius 3 is 2.29 bits per heavy atom. The average Bonchev–Trinajstić information content (AvgIpc) is 2.63. The molecule has 0 aliphatic heterocycles. The molecule has 0 amide bonds. The highest BCUT2D eigenvalue weighted by atomic mass is 15.1. The van der Waals surface area contributed by atoms with E-state index < -0.39 is 0 Å². The Labute approximate surface area is 141 Å². The molecule has 0 atom stereocenters. The normalized spacial score (nSPS) is 10.3. The lowest BCUT2D eigenvalue weighted by Crippen LogP contribution is -2.18. The molecule has 1 heterocycles. The summed E-state index contributed by atoms with van der Waals surface area (Å²) in [5.74, 6) is 5.60. The van der Waals surface area contributed by atoms with Gasteiger partial charge in [-0.25, -0.2) is 4.99 Å². The third-order valence-electron chi connectivity index (χ3n) is 3.24. The minimum absolute atomic E-state index is 0.244. The third kappa shape index (κ3) is 3.87. The zero-order valence-corrected chi connectivity index (χ0v) is 13.7. The van der Waals surface area contributed by atoms with Gasteiger partial charge in [0.1, 0.15) is 0 Å². The van der Waals surface area contributed by atoms with Gasteiger partial charge in [0.25, 0.3) is 0 Å². The largest absolute Gasteiger partial charge is 0.369 e. The van der Waals surface area contributed by atoms with Crippen molar-refractivity contribution in [1.29, 1.82) is 5.41 Å². The zero-order valence-electron chi connectivity index (χ0n) is 13.7. The molecule has 0 unspecified atom stereocenters. The first-order valence-electron chi connectivity index (χ1n) is 7.42. The maximum Gasteiger partial charge on any atom is 0.208 e. The number of benzene rings is 2. The number of hydrogen-bond acceptors (Lipinski definition) is 4. The molecule has 0 radical (unpaired) electrons. The summed E-state index contributed by atoms with van der Waals surface area (Å²) in [7, 11) is 0. The summed E-state index contributed by atoms with van der Waals surface area (Å²) in [5.41, 5.74) is 8.08. The first-order chi connectivity index (χ1) is 11.7. The lowest BCUT2D eigenvalue weighted by Gasteiger charge is -2.08. The molecule has 0 saturated heterocycles. The van der Waals surface area contributed by atoms with Crippen LogP contribution in [0.5, 0.6) is 0 Å². The number of aromatic nitrogens is 2. The van der Waals surface area contributed by atoms with Crippen LogP contribution < -0.4 is 11.2 Å². The van der Waals surface area contributed by atoms with E-state index in [1.807, 2.05) is 68.4 Å². The first kappa shape index (κ1) is 17.0. The second kappa shape index (κ2) is 8.30. The molecule has 0 saturated carbocycles. The van der Waals surface area contributed by atoms with E-state index in [-0.39, 0.29) is 5.95 Å². The predicted octanol–water partition coefficient (Wildman–Crippen LogP) is 3.34. The minimum atomic E-state index is 0.244. The lowest BCUT2D eigenvalue weighted by molar-refractivity contribution is 1.07. The van der Waals surface area contributed by atoms with Crippen LogP contribution in [-0.2, 0) is 0 Å². The topological polar surface area (TPSA) is 80.0 Å². The Balaban J connectivity index is 0.000000471. The quantitative estimate of drug-likeness (QED) is 0.432. The Bertz CT molecular complexity index is 954. The number of hydrogen-bond donors (Lipinski definition) is 2. The number of rotatable bonds is 2. The Morgan fingerprint density at radius 2 is 1.67 bits per heavy atom. The highest BCUT2D eigenvalue weighted by Crippen LogP contribution is 2.13. The number of nitrogens with zero attached hydrogens (tertiary/aromatic N) is 3. The van der Waals surface area contributed by atoms with Crippen LogP contribution in [0.3, 0.4) is 0 Å². The van der Waals surface area contributed by atoms with Gasteiger partial charge in [0, 0.05) is 5.39 Å². The van der Waals surface area contributed by atoms with Crippen molar-refractivity contribution < 1.29 is 0 Å². The smallest absolute Gasteiger partial charge is 0.208 e. The summed E-state index contributed by atoms with van der Waals surface area (Å²) in [5, 5.41) is 8.30. The summed E-state index contributed by atoms with van der Waals surface area (Å²) < 4.78 is 1.53. The van der Waals surface area contributed by atoms with Gasteiger partial charge in [0.15, 0.2) is 5.49 Å². The SMILES string of the molecule is CC#CC.N=Cn1c(N)nc(=Nc2ccccc2)c2ccccc21. The standard InChI is InChI=1S/C15H13N5.C4H6/c16-10-20-13-9-5-4-8-12(13)14(19-15(20)17)18-11-6-2-1-3-7-11;1-3-4-2/h1-10,16H,(H2,17,18,19);1-2H3. The van der Waals surface area contributed by atoms with Crippen LogP contribution in [0, 0.1) is 17.3 Å². The second-order valence-corrected chi connectivity index (χ2v) is 4.76. The number of fused-ring (bicyclic) bond motifs is 1. The number of nitrogens with one attached hydrogen (secondary N) is 1. The minimum Gasteiger partial charge on any atom is -0.369 e. The van der Waals surface area contributed by atoms with Gasteiger partial charge in [0.05, 0.1) is 17.5 Å². The van der Waals surface area contributed by atoms with Gasteiger partial charge in [-0.15, -0.1) is 11.8 Å². The Kier molecular flexibility index (Phi) is 5.87. The van der Waals surface area contributed by atoms with Crippen LogP contribution in [0.2, 0.25) is 0 Å². The molecule has 120 valence electrons. The molecule has 0 aliphatic carbocycles. The summed E-state index contributed by atoms with van der Waals surface area (Å²) in [6.45, 7) is 3.64. The molecule has 0 aliphatic rings. The molecule has 0 bridgehead atoms. The monoisotopic (exact) mass is 317 g/mol. The highest BCUT2D eigenvalue weighted by Gasteiger charge is 2.04. The predicted molar refractivity (Wildman–Crippen MR) is 99.1 cm³/mol. The van der Waals surface area contributed by atoms with E-state index in [0.29, 0.717) is 5.49 Å². The molecule has 24 heavy (non-hydrogen) atoms. The molecule has 3 rings (SSSR count). The molecule has 3 aromatic rings. The lowest BCUT2D eigenvalue weighted by atomic mass is 10.2. The van der Waals surface area contributed by atoms with Gasteiger partial charge in [0.2, 0.25) is 5.95 Å². The highest BCUT2D eigenvalue weighted by molar-refractivity contribution is 5.85. The number of nitrogen functional groups attached to an aromatic ring is 1. The molecular weight excluding hydrogens is 298 g/mol. The van der Waals surface area contributed by atoms with Crippen molar-refractivity contribution in [3.8, 4) is 11.8 Å². The molecule has 0 fully saturated rings. The zero-order chi connectivity index (χ0) is 17.4. The van der Waals surface area contributed by atoms with E-state index in [1.165, 1.54) is 4.57 Å². The molecule has 0 spiro atoms. The molecule has 1 aromatic heterocycles. The maximum absolute atomic E-state index is 7.45. The summed E-state index contributed by atoms with van der Waals surface area (Å²) in [6.07, 6.45) is 1.15. The number of nitrogens with two attached hydrogens (primary N) is 1. The van der Waals surface area contributed by atoms with Crippen molar-refractivity contribution in [3.05, 3.63) is 60.1 Å². The van der Waals surface area contributed by atoms with Gasteiger partial charge in [-0.1, -0.05) is 30.3 Å². The average molecular weight is 317 g/mol. The molecule has 5 heteroatoms. The van der Waals surface area contributed by atoms with E-state index in [9.17, 15) is 0 Å².